The van der Waals surface area contributed by atoms with Gasteiger partial charge in [-0.15, -0.1) is 0 Å². The summed E-state index contributed by atoms with van der Waals surface area (Å²) in [5.41, 5.74) is 9.16. The van der Waals surface area contributed by atoms with E-state index in [9.17, 15) is 0 Å². The van der Waals surface area contributed by atoms with E-state index in [1.54, 1.807) is 0 Å². The van der Waals surface area contributed by atoms with Gasteiger partial charge < -0.3 is 21.2 Å². The summed E-state index contributed by atoms with van der Waals surface area (Å²) in [7, 11) is -4.62. The van der Waals surface area contributed by atoms with Crippen LogP contribution in [0.2, 0.25) is 0 Å². The fourth-order valence-corrected chi connectivity index (χ4v) is 27.3. The van der Waals surface area contributed by atoms with Crippen molar-refractivity contribution in [2.24, 2.45) is 59.9 Å². The van der Waals surface area contributed by atoms with Gasteiger partial charge in [0.25, 0.3) is 0 Å². The molecular formula is C76H42Al2N16O2Si. The van der Waals surface area contributed by atoms with Crippen LogP contribution in [-0.4, -0.2) is 99.3 Å². The maximum Gasteiger partial charge on any atom is 0.800 e. The topological polar surface area (TPSA) is 187 Å². The predicted octanol–water partition coefficient (Wildman–Crippen LogP) is 10.1. The third-order valence-electron chi connectivity index (χ3n) is 19.4. The predicted molar refractivity (Wildman–Crippen MR) is 382 cm³/mol. The minimum Gasteiger partial charge on any atom is -0.483 e. The number of hydrogen-bond donors (Lipinski definition) is 0. The molecule has 8 aliphatic heterocycles. The molecule has 4 aromatic heterocycles. The molecule has 0 atom stereocenters. The van der Waals surface area contributed by atoms with Crippen LogP contribution < -0.4 is 32.3 Å². The van der Waals surface area contributed by atoms with Crippen LogP contribution in [0.15, 0.2) is 315 Å². The van der Waals surface area contributed by atoms with Crippen molar-refractivity contribution in [2.45, 2.75) is 0 Å². The van der Waals surface area contributed by atoms with Crippen LogP contribution in [0, 0.1) is 0 Å². The van der Waals surface area contributed by atoms with Gasteiger partial charge >= 0.3 is 38.4 Å². The lowest BCUT2D eigenvalue weighted by molar-refractivity contribution is 0.400. The molecule has 0 aliphatic carbocycles. The largest absolute Gasteiger partial charge is 0.800 e. The molecule has 0 saturated heterocycles. The molecule has 97 heavy (non-hydrogen) atoms. The van der Waals surface area contributed by atoms with Crippen molar-refractivity contribution in [1.82, 2.24) is 14.2 Å². The number of hydrogen-bond acceptors (Lipinski definition) is 14. The third-order valence-corrected chi connectivity index (χ3v) is 29.6. The number of rotatable bonds is 6. The molecule has 22 rings (SSSR count). The van der Waals surface area contributed by atoms with Crippen molar-refractivity contribution < 1.29 is 6.96 Å². The molecule has 10 aromatic carbocycles. The summed E-state index contributed by atoms with van der Waals surface area (Å²) in [6.07, 6.45) is 0. The number of aliphatic imine (C=N–C) groups is 8. The summed E-state index contributed by atoms with van der Waals surface area (Å²) in [6, 6.07) is 87.1. The monoisotopic (exact) mass is 1290 g/mol. The Kier molecular flexibility index (Phi) is 11.1. The standard InChI is InChI=1S/2C32H16N8.C12H10O2Si.2Al/c2*1-2-10-18-17(9-1)25-33-26(18)38-28-21-13-5-6-14-22(21)30(35-28)40-32-24-16-8-7-15-23(24)31(36-32)39-29-20-12-4-3-11-19(20)27(34-29)37-25;13-15(14,11-7-3-1-4-8-11)12-9-5-2-6-10-12;;/h2*1-16H;1-10H;;/q3*-2;2*+3. The normalized spacial score (nSPS) is 15.5. The van der Waals surface area contributed by atoms with Gasteiger partial charge in [0.2, 0.25) is 0 Å². The van der Waals surface area contributed by atoms with E-state index < -0.39 is 38.4 Å². The van der Waals surface area contributed by atoms with Crippen molar-refractivity contribution >= 4 is 162 Å². The smallest absolute Gasteiger partial charge is 0.483 e. The Hall–Kier alpha value is -11.9. The van der Waals surface area contributed by atoms with Gasteiger partial charge in [0.1, 0.15) is 45.2 Å². The van der Waals surface area contributed by atoms with Gasteiger partial charge in [-0.3, -0.25) is 0 Å². The van der Waals surface area contributed by atoms with Crippen LogP contribution in [0.5, 0.6) is 0 Å². The molecule has 14 aromatic rings. The lowest BCUT2D eigenvalue weighted by atomic mass is 10.1. The Morgan fingerprint density at radius 3 is 0.660 bits per heavy atom. The molecular weight excluding hydrogens is 1250 g/mol. The Morgan fingerprint density at radius 2 is 0.412 bits per heavy atom. The lowest BCUT2D eigenvalue weighted by Crippen LogP contribution is -2.72. The average molecular weight is 1290 g/mol. The van der Waals surface area contributed by atoms with Crippen LogP contribution in [-0.2, 0) is 6.96 Å². The fraction of sp³-hybridized carbons (Fsp3) is 0. The van der Waals surface area contributed by atoms with Crippen molar-refractivity contribution in [3.63, 3.8) is 0 Å². The van der Waals surface area contributed by atoms with Crippen LogP contribution in [0.4, 0.5) is 23.3 Å². The molecule has 0 unspecified atom stereocenters. The maximum atomic E-state index is 9.16. The highest BCUT2D eigenvalue weighted by atomic mass is 28.4. The summed E-state index contributed by atoms with van der Waals surface area (Å²) in [6.45, 7) is 0. The highest BCUT2D eigenvalue weighted by Crippen LogP contribution is 2.45. The van der Waals surface area contributed by atoms with Crippen molar-refractivity contribution in [2.75, 3.05) is 0 Å². The number of amidine groups is 8. The second-order valence-electron chi connectivity index (χ2n) is 24.6. The first-order valence-corrected chi connectivity index (χ1v) is 36.8. The zero-order chi connectivity index (χ0) is 63.2. The first-order valence-electron chi connectivity index (χ1n) is 32.0. The highest BCUT2D eigenvalue weighted by Gasteiger charge is 2.57. The summed E-state index contributed by atoms with van der Waals surface area (Å²) in [4.78, 5) is 67.9. The average Bonchev–Trinajstić information content (AvgIpc) is 1.56. The molecule has 0 amide bonds. The van der Waals surface area contributed by atoms with E-state index in [-0.39, 0.29) is 0 Å². The van der Waals surface area contributed by atoms with Crippen LogP contribution in [0.3, 0.4) is 0 Å². The zero-order valence-electron chi connectivity index (χ0n) is 50.9. The molecule has 0 N–H and O–H groups in total. The van der Waals surface area contributed by atoms with Crippen molar-refractivity contribution in [1.29, 1.82) is 0 Å². The molecule has 0 saturated carbocycles. The highest BCUT2D eigenvalue weighted by molar-refractivity contribution is 6.98. The summed E-state index contributed by atoms with van der Waals surface area (Å²) in [5.74, 6) is 6.45. The quantitative estimate of drug-likeness (QED) is 0.150. The fourth-order valence-electron chi connectivity index (χ4n) is 15.1. The summed E-state index contributed by atoms with van der Waals surface area (Å²) in [5, 5.41) is 8.33. The maximum absolute atomic E-state index is 9.16. The summed E-state index contributed by atoms with van der Waals surface area (Å²) >= 11 is -7.71. The molecule has 21 heteroatoms. The molecule has 8 aliphatic rings. The van der Waals surface area contributed by atoms with Gasteiger partial charge in [-0.2, -0.15) is 0 Å². The second kappa shape index (κ2) is 20.1. The van der Waals surface area contributed by atoms with E-state index in [0.29, 0.717) is 91.9 Å². The number of aromatic nitrogens is 4. The molecule has 18 nitrogen and oxygen atoms in total. The van der Waals surface area contributed by atoms with Gasteiger partial charge in [0.05, 0.1) is 0 Å². The summed E-state index contributed by atoms with van der Waals surface area (Å²) < 4.78 is 27.3. The van der Waals surface area contributed by atoms with Crippen molar-refractivity contribution in [3.8, 4) is 0 Å². The Bertz CT molecular complexity index is 5830. The van der Waals surface area contributed by atoms with Gasteiger partial charge in [0, 0.05) is 87.6 Å². The minimum atomic E-state index is -4.62. The Morgan fingerprint density at radius 1 is 0.206 bits per heavy atom. The third kappa shape index (κ3) is 7.55. The van der Waals surface area contributed by atoms with Gasteiger partial charge in [-0.1, -0.05) is 255 Å². The molecule has 0 fully saturated rings. The van der Waals surface area contributed by atoms with Gasteiger partial charge in [0.15, 0.2) is 46.7 Å². The van der Waals surface area contributed by atoms with Gasteiger partial charge in [-0.05, 0) is 10.4 Å². The molecule has 0 radical (unpaired) electrons. The van der Waals surface area contributed by atoms with Crippen molar-refractivity contribution in [3.05, 3.63) is 321 Å². The molecule has 448 valence electrons. The van der Waals surface area contributed by atoms with Crippen LogP contribution in [0.25, 0.3) is 43.1 Å². The van der Waals surface area contributed by atoms with Crippen LogP contribution >= 0.6 is 0 Å². The van der Waals surface area contributed by atoms with E-state index >= 15 is 0 Å². The molecule has 12 bridgehead atoms. The SMILES string of the molecule is c1ccc([Si]([O][Al]2[n]3c4c5ccccc5c3N=C3N=C(N=c5c6ccccc6c([n]52)=NC2=NC(=N4)c4ccccc42)c2ccccc23)([O][Al]2[n]3c4c5ccccc5c3N=C3N=C(N=c5c6ccccc6c([n]52)=NC2=NC(=N4)c4ccccc42)c2ccccc23)c2ccccc2)cc1. The van der Waals surface area contributed by atoms with Gasteiger partial charge in [-0.25, -0.2) is 59.9 Å². The Labute approximate surface area is 560 Å². The number of nitrogens with zero attached hydrogens (tertiary/aromatic N) is 16. The lowest BCUT2D eigenvalue weighted by Gasteiger charge is -2.38. The van der Waals surface area contributed by atoms with E-state index in [0.717, 1.165) is 98.0 Å². The zero-order valence-corrected chi connectivity index (χ0v) is 54.2. The Balaban J connectivity index is 0.929. The van der Waals surface area contributed by atoms with E-state index in [1.807, 2.05) is 60.7 Å². The van der Waals surface area contributed by atoms with Crippen LogP contribution in [0.1, 0.15) is 44.5 Å². The van der Waals surface area contributed by atoms with E-state index in [4.69, 9.17) is 66.9 Å². The second-order valence-corrected chi connectivity index (χ2v) is 32.2. The number of fused-ring (bicyclic) bond motifs is 28. The number of benzene rings is 10. The van der Waals surface area contributed by atoms with E-state index in [2.05, 4.69) is 208 Å². The molecule has 12 heterocycles. The first-order chi connectivity index (χ1) is 48.1. The first kappa shape index (κ1) is 53.5. The minimum absolute atomic E-state index is 0.511. The van der Waals surface area contributed by atoms with E-state index in [1.165, 1.54) is 0 Å². The molecule has 0 spiro atoms.